The summed E-state index contributed by atoms with van der Waals surface area (Å²) >= 11 is 0. The van der Waals surface area contributed by atoms with E-state index in [0.29, 0.717) is 29.0 Å². The van der Waals surface area contributed by atoms with E-state index in [1.807, 2.05) is 36.4 Å². The van der Waals surface area contributed by atoms with Gasteiger partial charge in [0.05, 0.1) is 11.4 Å². The number of nitrogen functional groups attached to an aromatic ring is 1. The van der Waals surface area contributed by atoms with Crippen molar-refractivity contribution in [1.82, 2.24) is 0 Å². The Hall–Kier alpha value is -2.49. The molecule has 1 saturated heterocycles. The van der Waals surface area contributed by atoms with Gasteiger partial charge in [-0.15, -0.1) is 0 Å². The van der Waals surface area contributed by atoms with Crippen LogP contribution in [0.2, 0.25) is 0 Å². The molecule has 2 aromatic rings. The third-order valence-electron chi connectivity index (χ3n) is 6.10. The summed E-state index contributed by atoms with van der Waals surface area (Å²) in [5.74, 6) is -0.133. The number of amides is 1. The van der Waals surface area contributed by atoms with Gasteiger partial charge in [0.1, 0.15) is 0 Å². The molecule has 0 spiro atoms. The number of rotatable bonds is 3. The number of benzene rings is 2. The molecule has 1 aliphatic rings. The van der Waals surface area contributed by atoms with E-state index in [4.69, 9.17) is 5.73 Å². The Labute approximate surface area is 175 Å². The Kier molecular flexibility index (Phi) is 5.92. The number of nitrogens with two attached hydrogens (primary N) is 1. The van der Waals surface area contributed by atoms with E-state index in [-0.39, 0.29) is 11.3 Å². The molecule has 4 nitrogen and oxygen atoms in total. The fraction of sp³-hybridized carbons (Fsp3) is 0.480. The molecule has 29 heavy (non-hydrogen) atoms. The second-order valence-corrected chi connectivity index (χ2v) is 9.54. The first-order chi connectivity index (χ1) is 13.6. The fourth-order valence-corrected chi connectivity index (χ4v) is 4.32. The van der Waals surface area contributed by atoms with Crippen LogP contribution in [0.15, 0.2) is 36.4 Å². The maximum absolute atomic E-state index is 12.8. The van der Waals surface area contributed by atoms with Crippen LogP contribution in [0.25, 0.3) is 0 Å². The normalized spacial score (nSPS) is 19.9. The van der Waals surface area contributed by atoms with Crippen LogP contribution < -0.4 is 16.0 Å². The predicted octanol–water partition coefficient (Wildman–Crippen LogP) is 5.89. The van der Waals surface area contributed by atoms with E-state index >= 15 is 0 Å². The monoisotopic (exact) mass is 393 g/mol. The molecular weight excluding hydrogens is 358 g/mol. The molecule has 4 heteroatoms. The number of hydrogen-bond donors (Lipinski definition) is 2. The number of nitrogens with zero attached hydrogens (tertiary/aromatic N) is 1. The number of aryl methyl sites for hydroxylation is 1. The molecule has 3 N–H and O–H groups in total. The zero-order valence-corrected chi connectivity index (χ0v) is 18.7. The van der Waals surface area contributed by atoms with Crippen molar-refractivity contribution >= 4 is 23.0 Å². The Bertz CT molecular complexity index is 870. The number of hydrogen-bond acceptors (Lipinski definition) is 3. The quantitative estimate of drug-likeness (QED) is 0.639. The van der Waals surface area contributed by atoms with Gasteiger partial charge < -0.3 is 16.0 Å². The van der Waals surface area contributed by atoms with Crippen molar-refractivity contribution in [3.8, 4) is 0 Å². The van der Waals surface area contributed by atoms with E-state index in [0.717, 1.165) is 11.3 Å². The predicted molar refractivity (Wildman–Crippen MR) is 124 cm³/mol. The van der Waals surface area contributed by atoms with Crippen LogP contribution in [0.4, 0.5) is 17.1 Å². The van der Waals surface area contributed by atoms with Crippen LogP contribution in [0.5, 0.6) is 0 Å². The van der Waals surface area contributed by atoms with Crippen molar-refractivity contribution in [3.05, 3.63) is 53.1 Å². The lowest BCUT2D eigenvalue weighted by Crippen LogP contribution is -2.44. The first-order valence-electron chi connectivity index (χ1n) is 10.7. The fourth-order valence-electron chi connectivity index (χ4n) is 4.32. The molecule has 0 bridgehead atoms. The summed E-state index contributed by atoms with van der Waals surface area (Å²) in [6.45, 7) is 13.1. The van der Waals surface area contributed by atoms with Gasteiger partial charge in [-0.2, -0.15) is 0 Å². The summed E-state index contributed by atoms with van der Waals surface area (Å²) in [6.07, 6.45) is 3.65. The molecular formula is C25H35N3O. The lowest BCUT2D eigenvalue weighted by Gasteiger charge is -2.42. The van der Waals surface area contributed by atoms with Gasteiger partial charge in [-0.3, -0.25) is 4.79 Å². The minimum absolute atomic E-state index is 0.0626. The summed E-state index contributed by atoms with van der Waals surface area (Å²) < 4.78 is 0. The van der Waals surface area contributed by atoms with Gasteiger partial charge in [0.2, 0.25) is 0 Å². The maximum atomic E-state index is 12.8. The summed E-state index contributed by atoms with van der Waals surface area (Å²) in [7, 11) is 0. The second-order valence-electron chi connectivity index (χ2n) is 9.54. The lowest BCUT2D eigenvalue weighted by molar-refractivity contribution is 0.102. The lowest BCUT2D eigenvalue weighted by atomic mass is 9.86. The summed E-state index contributed by atoms with van der Waals surface area (Å²) in [6, 6.07) is 12.8. The Morgan fingerprint density at radius 2 is 1.66 bits per heavy atom. The van der Waals surface area contributed by atoms with Gasteiger partial charge in [0.15, 0.2) is 0 Å². The average molecular weight is 394 g/mol. The minimum atomic E-state index is -0.133. The van der Waals surface area contributed by atoms with Gasteiger partial charge >= 0.3 is 0 Å². The molecule has 3 rings (SSSR count). The van der Waals surface area contributed by atoms with Gasteiger partial charge in [-0.25, -0.2) is 0 Å². The van der Waals surface area contributed by atoms with Crippen LogP contribution in [0.3, 0.4) is 0 Å². The van der Waals surface area contributed by atoms with Crippen LogP contribution in [-0.4, -0.2) is 18.0 Å². The van der Waals surface area contributed by atoms with E-state index in [9.17, 15) is 4.79 Å². The first-order valence-corrected chi connectivity index (χ1v) is 10.7. The third kappa shape index (κ3) is 4.58. The van der Waals surface area contributed by atoms with Crippen LogP contribution in [-0.2, 0) is 5.41 Å². The molecule has 0 aromatic heterocycles. The van der Waals surface area contributed by atoms with Crippen molar-refractivity contribution in [2.24, 2.45) is 0 Å². The number of carbonyl (C=O) groups is 1. The van der Waals surface area contributed by atoms with Crippen molar-refractivity contribution in [2.45, 2.75) is 78.3 Å². The molecule has 1 aliphatic heterocycles. The molecule has 1 amide bonds. The van der Waals surface area contributed by atoms with E-state index in [1.54, 1.807) is 0 Å². The molecule has 2 atom stereocenters. The Morgan fingerprint density at radius 3 is 2.21 bits per heavy atom. The maximum Gasteiger partial charge on any atom is 0.255 e. The van der Waals surface area contributed by atoms with Gasteiger partial charge in [-0.05, 0) is 80.8 Å². The molecule has 156 valence electrons. The van der Waals surface area contributed by atoms with Crippen molar-refractivity contribution < 1.29 is 4.79 Å². The average Bonchev–Trinajstić information content (AvgIpc) is 2.64. The van der Waals surface area contributed by atoms with Gasteiger partial charge in [0, 0.05) is 23.3 Å². The van der Waals surface area contributed by atoms with E-state index in [1.165, 1.54) is 24.8 Å². The third-order valence-corrected chi connectivity index (χ3v) is 6.10. The highest BCUT2D eigenvalue weighted by molar-refractivity contribution is 6.06. The molecule has 0 unspecified atom stereocenters. The van der Waals surface area contributed by atoms with Crippen molar-refractivity contribution in [2.75, 3.05) is 16.0 Å². The Morgan fingerprint density at radius 1 is 1.07 bits per heavy atom. The Balaban J connectivity index is 1.86. The molecule has 0 radical (unpaired) electrons. The van der Waals surface area contributed by atoms with Crippen molar-refractivity contribution in [1.29, 1.82) is 0 Å². The van der Waals surface area contributed by atoms with E-state index < -0.39 is 0 Å². The highest BCUT2D eigenvalue weighted by atomic mass is 16.1. The molecule has 1 heterocycles. The largest absolute Gasteiger partial charge is 0.397 e. The zero-order chi connectivity index (χ0) is 21.3. The number of nitrogens with one attached hydrogen (secondary N) is 1. The summed E-state index contributed by atoms with van der Waals surface area (Å²) in [5.41, 5.74) is 11.8. The highest BCUT2D eigenvalue weighted by Gasteiger charge is 2.26. The highest BCUT2D eigenvalue weighted by Crippen LogP contribution is 2.36. The first kappa shape index (κ1) is 21.2. The standard InChI is InChI=1S/C25H35N3O/c1-16-14-21(26)22(15-23(16)28-17(2)8-7-9-18(28)3)27-24(29)19-10-12-20(13-11-19)25(4,5)6/h10-15,17-18H,7-9,26H2,1-6H3,(H,27,29)/t17-,18-/m1/s1. The van der Waals surface area contributed by atoms with Crippen LogP contribution >= 0.6 is 0 Å². The van der Waals surface area contributed by atoms with Gasteiger partial charge in [-0.1, -0.05) is 32.9 Å². The van der Waals surface area contributed by atoms with Crippen LogP contribution in [0.1, 0.15) is 75.4 Å². The van der Waals surface area contributed by atoms with Crippen LogP contribution in [0, 0.1) is 6.92 Å². The molecule has 0 saturated carbocycles. The molecule has 1 fully saturated rings. The second kappa shape index (κ2) is 8.10. The summed E-state index contributed by atoms with van der Waals surface area (Å²) in [4.78, 5) is 15.3. The van der Waals surface area contributed by atoms with E-state index in [2.05, 4.69) is 51.8 Å². The van der Waals surface area contributed by atoms with Crippen molar-refractivity contribution in [3.63, 3.8) is 0 Å². The number of piperidine rings is 1. The molecule has 2 aromatic carbocycles. The molecule has 0 aliphatic carbocycles. The minimum Gasteiger partial charge on any atom is -0.397 e. The SMILES string of the molecule is Cc1cc(N)c(NC(=O)c2ccc(C(C)(C)C)cc2)cc1N1[C@H](C)CCC[C@H]1C. The van der Waals surface area contributed by atoms with Gasteiger partial charge in [0.25, 0.3) is 5.91 Å². The number of carbonyl (C=O) groups excluding carboxylic acids is 1. The topological polar surface area (TPSA) is 58.4 Å². The smallest absolute Gasteiger partial charge is 0.255 e. The zero-order valence-electron chi connectivity index (χ0n) is 18.7. The number of anilines is 3. The summed E-state index contributed by atoms with van der Waals surface area (Å²) in [5, 5.41) is 3.03.